The smallest absolute Gasteiger partial charge is 0.128 e. The van der Waals surface area contributed by atoms with E-state index < -0.39 is 0 Å². The normalized spacial score (nSPS) is 15.4. The molecule has 2 heteroatoms. The van der Waals surface area contributed by atoms with Gasteiger partial charge in [-0.15, -0.1) is 0 Å². The van der Waals surface area contributed by atoms with Crippen LogP contribution in [-0.4, -0.2) is 10.8 Å². The number of hydrogen-bond acceptors (Lipinski definition) is 2. The number of aliphatic imine (C=N–C) groups is 1. The van der Waals surface area contributed by atoms with Crippen molar-refractivity contribution in [3.05, 3.63) is 100 Å². The van der Waals surface area contributed by atoms with Crippen LogP contribution in [0.4, 0.5) is 0 Å². The summed E-state index contributed by atoms with van der Waals surface area (Å²) >= 11 is 0. The van der Waals surface area contributed by atoms with Gasteiger partial charge in [-0.1, -0.05) is 66.7 Å². The van der Waals surface area contributed by atoms with Crippen LogP contribution in [0, 0.1) is 0 Å². The molecule has 3 aromatic carbocycles. The maximum absolute atomic E-state index is 11.2. The molecule has 0 spiro atoms. The first-order valence-corrected chi connectivity index (χ1v) is 10.6. The van der Waals surface area contributed by atoms with Crippen molar-refractivity contribution in [1.82, 2.24) is 0 Å². The van der Waals surface area contributed by atoms with Gasteiger partial charge in [-0.3, -0.25) is 4.99 Å². The predicted molar refractivity (Wildman–Crippen MR) is 121 cm³/mol. The Labute approximate surface area is 174 Å². The molecule has 0 amide bonds. The van der Waals surface area contributed by atoms with Crippen molar-refractivity contribution in [2.24, 2.45) is 4.99 Å². The van der Waals surface area contributed by atoms with E-state index >= 15 is 0 Å². The van der Waals surface area contributed by atoms with Crippen LogP contribution in [0.2, 0.25) is 0 Å². The molecule has 0 saturated heterocycles. The van der Waals surface area contributed by atoms with Gasteiger partial charge in [0.15, 0.2) is 0 Å². The molecule has 148 valence electrons. The first-order valence-electron chi connectivity index (χ1n) is 10.6. The second-order valence-electron chi connectivity index (χ2n) is 8.08. The fraction of sp³-hybridized carbons (Fsp3) is 0.296. The third-order valence-electron chi connectivity index (χ3n) is 6.00. The van der Waals surface area contributed by atoms with Crippen molar-refractivity contribution in [3.63, 3.8) is 0 Å². The van der Waals surface area contributed by atoms with Crippen LogP contribution >= 0.6 is 0 Å². The van der Waals surface area contributed by atoms with E-state index in [1.165, 1.54) is 22.3 Å². The third-order valence-corrected chi connectivity index (χ3v) is 6.00. The molecule has 7 rings (SSSR count). The Morgan fingerprint density at radius 1 is 0.793 bits per heavy atom. The minimum Gasteiger partial charge on any atom is -0.507 e. The number of nitrogens with zero attached hydrogens (tertiary/aromatic N) is 1. The van der Waals surface area contributed by atoms with Crippen molar-refractivity contribution in [3.8, 4) is 5.75 Å². The SMILES string of the molecule is CC(=N[C@@H](C)c1ccccc1)c1c2ccc(c1O)CCc1ccc(cc1)CCC2. The van der Waals surface area contributed by atoms with Gasteiger partial charge in [0, 0.05) is 11.3 Å². The number of benzene rings is 3. The lowest BCUT2D eigenvalue weighted by Gasteiger charge is -2.17. The fourth-order valence-corrected chi connectivity index (χ4v) is 4.29. The van der Waals surface area contributed by atoms with Gasteiger partial charge in [-0.05, 0) is 73.8 Å². The minimum absolute atomic E-state index is 0.0598. The maximum atomic E-state index is 11.2. The molecule has 0 radical (unpaired) electrons. The molecule has 0 heterocycles. The number of aryl methyl sites for hydroxylation is 4. The van der Waals surface area contributed by atoms with Crippen molar-refractivity contribution in [2.45, 2.75) is 52.0 Å². The highest BCUT2D eigenvalue weighted by molar-refractivity contribution is 6.03. The van der Waals surface area contributed by atoms with E-state index in [2.05, 4.69) is 55.5 Å². The molecular formula is C27H29NO. The summed E-state index contributed by atoms with van der Waals surface area (Å²) in [4.78, 5) is 4.96. The minimum atomic E-state index is 0.0598. The molecule has 4 aliphatic carbocycles. The summed E-state index contributed by atoms with van der Waals surface area (Å²) in [6.45, 7) is 4.15. The molecule has 0 fully saturated rings. The summed E-state index contributed by atoms with van der Waals surface area (Å²) in [5.74, 6) is 0.416. The molecule has 4 bridgehead atoms. The van der Waals surface area contributed by atoms with E-state index in [9.17, 15) is 5.11 Å². The van der Waals surface area contributed by atoms with Gasteiger partial charge >= 0.3 is 0 Å². The van der Waals surface area contributed by atoms with Crippen molar-refractivity contribution in [2.75, 3.05) is 0 Å². The Kier molecular flexibility index (Phi) is 5.80. The molecule has 29 heavy (non-hydrogen) atoms. The molecule has 1 N–H and O–H groups in total. The average molecular weight is 384 g/mol. The highest BCUT2D eigenvalue weighted by Crippen LogP contribution is 2.31. The average Bonchev–Trinajstić information content (AvgIpc) is 2.78. The molecule has 2 nitrogen and oxygen atoms in total. The molecular weight excluding hydrogens is 354 g/mol. The van der Waals surface area contributed by atoms with Gasteiger partial charge in [0.05, 0.1) is 6.04 Å². The van der Waals surface area contributed by atoms with Crippen molar-refractivity contribution < 1.29 is 5.11 Å². The van der Waals surface area contributed by atoms with E-state index in [0.29, 0.717) is 5.75 Å². The van der Waals surface area contributed by atoms with Gasteiger partial charge in [0.2, 0.25) is 0 Å². The van der Waals surface area contributed by atoms with Crippen LogP contribution < -0.4 is 0 Å². The number of phenolic OH excluding ortho intramolecular Hbond substituents is 1. The summed E-state index contributed by atoms with van der Waals surface area (Å²) in [5.41, 5.74) is 7.96. The Bertz CT molecular complexity index is 1000. The number of rotatable bonds is 3. The zero-order valence-electron chi connectivity index (χ0n) is 17.4. The monoisotopic (exact) mass is 383 g/mol. The quantitative estimate of drug-likeness (QED) is 0.534. The molecule has 0 aromatic heterocycles. The lowest BCUT2D eigenvalue weighted by atomic mass is 9.93. The highest BCUT2D eigenvalue weighted by atomic mass is 16.3. The molecule has 3 aromatic rings. The first kappa shape index (κ1) is 19.4. The summed E-state index contributed by atoms with van der Waals surface area (Å²) in [6.07, 6.45) is 4.83. The van der Waals surface area contributed by atoms with Gasteiger partial charge in [-0.2, -0.15) is 0 Å². The zero-order valence-corrected chi connectivity index (χ0v) is 17.4. The second kappa shape index (κ2) is 8.65. The third kappa shape index (κ3) is 4.42. The summed E-state index contributed by atoms with van der Waals surface area (Å²) in [7, 11) is 0. The van der Waals surface area contributed by atoms with Crippen LogP contribution in [0.1, 0.15) is 59.7 Å². The van der Waals surface area contributed by atoms with E-state index in [0.717, 1.165) is 48.9 Å². The van der Waals surface area contributed by atoms with Crippen LogP contribution in [0.15, 0.2) is 71.7 Å². The second-order valence-corrected chi connectivity index (χ2v) is 8.08. The Hall–Kier alpha value is -2.87. The van der Waals surface area contributed by atoms with Gasteiger partial charge in [0.1, 0.15) is 5.75 Å². The van der Waals surface area contributed by atoms with Gasteiger partial charge < -0.3 is 5.11 Å². The molecule has 0 unspecified atom stereocenters. The largest absolute Gasteiger partial charge is 0.507 e. The van der Waals surface area contributed by atoms with E-state index in [4.69, 9.17) is 4.99 Å². The Balaban J connectivity index is 1.71. The van der Waals surface area contributed by atoms with Crippen LogP contribution in [-0.2, 0) is 25.7 Å². The Morgan fingerprint density at radius 2 is 1.45 bits per heavy atom. The van der Waals surface area contributed by atoms with Crippen LogP contribution in [0.25, 0.3) is 0 Å². The Morgan fingerprint density at radius 3 is 2.17 bits per heavy atom. The standard InChI is InChI=1S/C27H29NO/c1-19(23-8-4-3-5-9-23)28-20(2)26-24-10-6-7-21-11-13-22(14-12-21)15-16-25(18-17-24)27(26)29/h3-5,8-9,11-14,17-19,29H,6-7,10,15-16H2,1-2H3/t19-/m0/s1. The summed E-state index contributed by atoms with van der Waals surface area (Å²) in [5, 5.41) is 11.2. The maximum Gasteiger partial charge on any atom is 0.128 e. The van der Waals surface area contributed by atoms with E-state index in [1.54, 1.807) is 0 Å². The van der Waals surface area contributed by atoms with E-state index in [1.807, 2.05) is 25.1 Å². The lowest BCUT2D eigenvalue weighted by molar-refractivity contribution is 0.465. The molecule has 4 aliphatic rings. The fourth-order valence-electron chi connectivity index (χ4n) is 4.29. The van der Waals surface area contributed by atoms with Crippen LogP contribution in [0.3, 0.4) is 0 Å². The zero-order chi connectivity index (χ0) is 20.2. The summed E-state index contributed by atoms with van der Waals surface area (Å²) in [6, 6.07) is 23.7. The molecule has 0 aliphatic heterocycles. The topological polar surface area (TPSA) is 32.6 Å². The lowest BCUT2D eigenvalue weighted by Crippen LogP contribution is -2.07. The predicted octanol–water partition coefficient (Wildman–Crippen LogP) is 6.24. The van der Waals surface area contributed by atoms with Gasteiger partial charge in [0.25, 0.3) is 0 Å². The summed E-state index contributed by atoms with van der Waals surface area (Å²) < 4.78 is 0. The molecule has 0 saturated carbocycles. The van der Waals surface area contributed by atoms with E-state index in [-0.39, 0.29) is 6.04 Å². The first-order chi connectivity index (χ1) is 14.1. The number of aromatic hydroxyl groups is 1. The van der Waals surface area contributed by atoms with Crippen molar-refractivity contribution in [1.29, 1.82) is 0 Å². The number of hydrogen-bond donors (Lipinski definition) is 1. The van der Waals surface area contributed by atoms with Crippen LogP contribution in [0.5, 0.6) is 5.75 Å². The molecule has 1 atom stereocenters. The highest BCUT2D eigenvalue weighted by Gasteiger charge is 2.17. The van der Waals surface area contributed by atoms with Gasteiger partial charge in [-0.25, -0.2) is 0 Å². The van der Waals surface area contributed by atoms with Crippen molar-refractivity contribution >= 4 is 5.71 Å². The number of phenols is 1.